The molecule has 2 aliphatic carbocycles. The molecule has 2 aromatic carbocycles. The second kappa shape index (κ2) is 7.51. The van der Waals surface area contributed by atoms with E-state index in [0.29, 0.717) is 11.5 Å². The number of allylic oxidation sites excluding steroid dienone is 8. The first-order chi connectivity index (χ1) is 16.4. The van der Waals surface area contributed by atoms with Crippen molar-refractivity contribution in [3.8, 4) is 11.5 Å². The van der Waals surface area contributed by atoms with Crippen molar-refractivity contribution in [2.75, 3.05) is 0 Å². The van der Waals surface area contributed by atoms with Crippen LogP contribution in [0.2, 0.25) is 9.26 Å². The number of hydrogen-bond donors (Lipinski definition) is 0. The number of benzene rings is 2. The first kappa shape index (κ1) is 27.0. The van der Waals surface area contributed by atoms with Crippen LogP contribution in [-0.4, -0.2) is 6.88 Å². The predicted octanol–water partition coefficient (Wildman–Crippen LogP) is 8.40. The molecule has 0 aliphatic heterocycles. The molecule has 4 rings (SSSR count). The van der Waals surface area contributed by atoms with Crippen LogP contribution in [0.4, 0.5) is 8.78 Å². The molecule has 0 saturated heterocycles. The molecule has 36 heavy (non-hydrogen) atoms. The maximum absolute atomic E-state index is 14.0. The quantitative estimate of drug-likeness (QED) is 0.316. The molecule has 0 fully saturated rings. The van der Waals surface area contributed by atoms with E-state index in [9.17, 15) is 8.78 Å². The summed E-state index contributed by atoms with van der Waals surface area (Å²) in [5.74, 6) is 0.562. The third-order valence-electron chi connectivity index (χ3n) is 8.81. The van der Waals surface area contributed by atoms with Crippen molar-refractivity contribution in [3.05, 3.63) is 101 Å². The molecule has 0 N–H and O–H groups in total. The molecule has 0 radical (unpaired) electrons. The molecule has 2 unspecified atom stereocenters. The van der Waals surface area contributed by atoms with Gasteiger partial charge in [-0.05, 0) is 0 Å². The summed E-state index contributed by atoms with van der Waals surface area (Å²) in [6, 6.07) is 12.4. The van der Waals surface area contributed by atoms with Gasteiger partial charge in [-0.25, -0.2) is 0 Å². The van der Waals surface area contributed by atoms with Crippen molar-refractivity contribution < 1.29 is 29.7 Å². The summed E-state index contributed by atoms with van der Waals surface area (Å²) in [6.45, 7) is 14.8. The number of halogens is 2. The van der Waals surface area contributed by atoms with Gasteiger partial charge in [0.1, 0.15) is 0 Å². The van der Waals surface area contributed by atoms with Crippen LogP contribution in [0.15, 0.2) is 89.5 Å². The molecule has 0 heterocycles. The van der Waals surface area contributed by atoms with Crippen molar-refractivity contribution in [1.29, 1.82) is 0 Å². The average molecular weight is 588 g/mol. The molecule has 6 heteroatoms. The fourth-order valence-electron chi connectivity index (χ4n) is 7.95. The first-order valence-corrected chi connectivity index (χ1v) is 28.0. The third-order valence-corrected chi connectivity index (χ3v) is 35.0. The van der Waals surface area contributed by atoms with Crippen LogP contribution in [0.3, 0.4) is 0 Å². The number of rotatable bonds is 6. The molecule has 2 aliphatic rings. The molecule has 0 bridgehead atoms. The maximum atomic E-state index is 14.0. The van der Waals surface area contributed by atoms with Gasteiger partial charge >= 0.3 is 212 Å². The van der Waals surface area contributed by atoms with E-state index in [-0.39, 0.29) is 23.5 Å². The summed E-state index contributed by atoms with van der Waals surface area (Å²) < 4.78 is 49.8. The van der Waals surface area contributed by atoms with Crippen LogP contribution >= 0.6 is 0 Å². The minimum atomic E-state index is -6.40. The average Bonchev–Trinajstić information content (AvgIpc) is 3.19. The molecule has 0 spiro atoms. The van der Waals surface area contributed by atoms with Gasteiger partial charge in [-0.1, -0.05) is 0 Å². The zero-order chi connectivity index (χ0) is 26.8. The van der Waals surface area contributed by atoms with E-state index in [2.05, 4.69) is 63.0 Å². The zero-order valence-corrected chi connectivity index (χ0v) is 26.6. The fourth-order valence-corrected chi connectivity index (χ4v) is 42.0. The van der Waals surface area contributed by atoms with Crippen LogP contribution in [-0.2, 0) is 15.3 Å². The van der Waals surface area contributed by atoms with Crippen LogP contribution in [0.1, 0.15) is 41.5 Å². The molecule has 0 saturated carbocycles. The Morgan fingerprint density at radius 3 is 1.53 bits per heavy atom. The van der Waals surface area contributed by atoms with Crippen LogP contribution in [0.5, 0.6) is 11.5 Å². The van der Waals surface area contributed by atoms with Crippen molar-refractivity contribution in [2.24, 2.45) is 11.8 Å². The van der Waals surface area contributed by atoms with Gasteiger partial charge in [0.25, 0.3) is 0 Å². The van der Waals surface area contributed by atoms with E-state index >= 15 is 0 Å². The zero-order valence-electron chi connectivity index (χ0n) is 22.7. The van der Waals surface area contributed by atoms with E-state index < -0.39 is 15.3 Å². The Labute approximate surface area is 211 Å². The summed E-state index contributed by atoms with van der Waals surface area (Å²) in [7, 11) is 0. The van der Waals surface area contributed by atoms with E-state index in [1.54, 1.807) is 24.3 Å². The fraction of sp³-hybridized carbons (Fsp3) is 0.333. The monoisotopic (exact) mass is 586 g/mol. The van der Waals surface area contributed by atoms with Crippen molar-refractivity contribution in [1.82, 2.24) is 0 Å². The van der Waals surface area contributed by atoms with Crippen molar-refractivity contribution in [2.45, 2.75) is 50.8 Å². The Balaban J connectivity index is 2.24. The summed E-state index contributed by atoms with van der Waals surface area (Å²) in [6.07, 6.45) is 4.50. The summed E-state index contributed by atoms with van der Waals surface area (Å²) in [5.41, 5.74) is 4.72. The van der Waals surface area contributed by atoms with Crippen molar-refractivity contribution in [3.63, 3.8) is 0 Å². The molecule has 192 valence electrons. The molecular weight excluding hydrogens is 550 g/mol. The Hall–Kier alpha value is -2.04. The molecule has 2 atom stereocenters. The normalized spacial score (nSPS) is 23.4. The van der Waals surface area contributed by atoms with Crippen LogP contribution < -0.4 is 5.63 Å². The van der Waals surface area contributed by atoms with Gasteiger partial charge in [-0.15, -0.1) is 0 Å². The second-order valence-corrected chi connectivity index (χ2v) is 53.4. The van der Waals surface area contributed by atoms with Gasteiger partial charge in [-0.2, -0.15) is 0 Å². The van der Waals surface area contributed by atoms with Crippen molar-refractivity contribution >= 4 is 6.88 Å². The summed E-state index contributed by atoms with van der Waals surface area (Å²) in [5, 5.41) is 0. The van der Waals surface area contributed by atoms with Gasteiger partial charge in [-0.3, -0.25) is 0 Å². The minimum absolute atomic E-state index is 0.0497. The van der Waals surface area contributed by atoms with Crippen LogP contribution in [0.25, 0.3) is 0 Å². The van der Waals surface area contributed by atoms with E-state index in [1.165, 1.54) is 35.4 Å². The molecule has 0 amide bonds. The molecule has 2 aromatic rings. The SMILES string of the molecule is CC1=CC(C)[C]([Zr]([CH3])([CH3])(=[SiH2])([O]c2ccc(F)cc2)([O]c2ccc(F)cc2)[C]2=C(C)C=C(C)C2C)=C1C. The third kappa shape index (κ3) is 3.79. The van der Waals surface area contributed by atoms with E-state index in [1.807, 2.05) is 6.88 Å². The Kier molecular flexibility index (Phi) is 5.63. The topological polar surface area (TPSA) is 18.5 Å². The van der Waals surface area contributed by atoms with Gasteiger partial charge in [0.15, 0.2) is 0 Å². The van der Waals surface area contributed by atoms with Gasteiger partial charge in [0.05, 0.1) is 0 Å². The summed E-state index contributed by atoms with van der Waals surface area (Å²) >= 11 is -6.40. The second-order valence-electron chi connectivity index (χ2n) is 12.8. The predicted molar refractivity (Wildman–Crippen MR) is 146 cm³/mol. The van der Waals surface area contributed by atoms with Gasteiger partial charge in [0.2, 0.25) is 0 Å². The number of hydrogen-bond acceptors (Lipinski definition) is 2. The Morgan fingerprint density at radius 2 is 1.19 bits per heavy atom. The molecule has 0 aromatic heterocycles. The Morgan fingerprint density at radius 1 is 0.750 bits per heavy atom. The first-order valence-electron chi connectivity index (χ1n) is 12.7. The van der Waals surface area contributed by atoms with Crippen LogP contribution in [0, 0.1) is 23.5 Å². The molecule has 2 nitrogen and oxygen atoms in total. The van der Waals surface area contributed by atoms with Gasteiger partial charge in [0, 0.05) is 0 Å². The summed E-state index contributed by atoms with van der Waals surface area (Å²) in [4.78, 5) is 0. The van der Waals surface area contributed by atoms with E-state index in [0.717, 1.165) is 17.7 Å². The Bertz CT molecular complexity index is 1470. The van der Waals surface area contributed by atoms with Gasteiger partial charge < -0.3 is 0 Å². The molecular formula is C30H38F2O2SiZr. The van der Waals surface area contributed by atoms with E-state index in [4.69, 9.17) is 5.63 Å². The standard InChI is InChI=1S/2C8H11.2C6H5FO.2CH3.H2Si.Zr/c2*1-6-4-7(2)8(3)5-6;2*7-5-1-3-6(8)4-2-5;;;;/h4,8H,1-3H3;4,6H,1-3H3;2*1-4,8H;2*1H3;1H2;/q;;;;;;;+2/p-2.